The van der Waals surface area contributed by atoms with Crippen LogP contribution in [0.2, 0.25) is 0 Å². The van der Waals surface area contributed by atoms with Gasteiger partial charge in [0.05, 0.1) is 0 Å². The van der Waals surface area contributed by atoms with Crippen LogP contribution in [0.4, 0.5) is 0 Å². The Labute approximate surface area is 156 Å². The molecule has 1 unspecified atom stereocenters. The van der Waals surface area contributed by atoms with E-state index in [1.165, 1.54) is 70.6 Å². The monoisotopic (exact) mass is 353 g/mol. The number of unbranched alkanes of at least 4 members (excludes halogenated alkanes) is 11. The summed E-state index contributed by atoms with van der Waals surface area (Å²) in [6.07, 6.45) is 23.0. The summed E-state index contributed by atoms with van der Waals surface area (Å²) in [5.41, 5.74) is 5.69. The molecule has 0 saturated heterocycles. The predicted molar refractivity (Wildman–Crippen MR) is 108 cm³/mol. The van der Waals surface area contributed by atoms with Crippen LogP contribution in [0.3, 0.4) is 0 Å². The van der Waals surface area contributed by atoms with Gasteiger partial charge in [0, 0.05) is 6.42 Å². The number of hydrogen-bond acceptors (Lipinski definition) is 3. The second-order valence-electron chi connectivity index (χ2n) is 7.15. The molecule has 2 N–H and O–H groups in total. The minimum Gasteiger partial charge on any atom is -0.447 e. The third-order valence-electron chi connectivity index (χ3n) is 4.50. The molecule has 0 rings (SSSR count). The second-order valence-corrected chi connectivity index (χ2v) is 7.15. The second kappa shape index (κ2) is 19.5. The smallest absolute Gasteiger partial charge is 0.307 e. The molecule has 0 radical (unpaired) electrons. The summed E-state index contributed by atoms with van der Waals surface area (Å²) in [7, 11) is 0. The molecule has 0 heterocycles. The Bertz CT molecular complexity index is 315. The summed E-state index contributed by atoms with van der Waals surface area (Å²) in [6, 6.07) is 0. The maximum Gasteiger partial charge on any atom is 0.307 e. The maximum atomic E-state index is 11.6. The lowest BCUT2D eigenvalue weighted by Gasteiger charge is -2.11. The van der Waals surface area contributed by atoms with Crippen molar-refractivity contribution in [1.29, 1.82) is 0 Å². The van der Waals surface area contributed by atoms with E-state index >= 15 is 0 Å². The molecule has 0 saturated carbocycles. The van der Waals surface area contributed by atoms with Crippen molar-refractivity contribution >= 4 is 5.97 Å². The Morgan fingerprint density at radius 1 is 0.800 bits per heavy atom. The Morgan fingerprint density at radius 2 is 1.32 bits per heavy atom. The van der Waals surface area contributed by atoms with Gasteiger partial charge < -0.3 is 4.74 Å². The standard InChI is InChI=1S/C22H43NO2/c1-3-5-6-7-8-9-10-11-12-13-14-15-16-17-18-20-22(24)25-21(23)19-4-2/h11-12,21H,3-10,13-20,23H2,1-2H3/b12-11-. The Kier molecular flexibility index (Phi) is 18.8. The van der Waals surface area contributed by atoms with Crippen LogP contribution in [-0.4, -0.2) is 12.2 Å². The molecule has 0 aromatic heterocycles. The summed E-state index contributed by atoms with van der Waals surface area (Å²) >= 11 is 0. The number of ether oxygens (including phenoxy) is 1. The third kappa shape index (κ3) is 19.3. The summed E-state index contributed by atoms with van der Waals surface area (Å²) < 4.78 is 5.14. The van der Waals surface area contributed by atoms with Crippen molar-refractivity contribution in [3.05, 3.63) is 12.2 Å². The van der Waals surface area contributed by atoms with Crippen LogP contribution in [-0.2, 0) is 9.53 Å². The number of carbonyl (C=O) groups is 1. The van der Waals surface area contributed by atoms with Crippen molar-refractivity contribution in [2.75, 3.05) is 0 Å². The van der Waals surface area contributed by atoms with E-state index in [-0.39, 0.29) is 5.97 Å². The molecule has 0 spiro atoms. The van der Waals surface area contributed by atoms with E-state index in [0.29, 0.717) is 6.42 Å². The van der Waals surface area contributed by atoms with Gasteiger partial charge in [0.25, 0.3) is 0 Å². The van der Waals surface area contributed by atoms with Crippen LogP contribution < -0.4 is 5.73 Å². The molecule has 0 aliphatic carbocycles. The number of hydrogen-bond donors (Lipinski definition) is 1. The average Bonchev–Trinajstić information content (AvgIpc) is 2.58. The lowest BCUT2D eigenvalue weighted by atomic mass is 10.1. The Hall–Kier alpha value is -0.830. The minimum absolute atomic E-state index is 0.140. The van der Waals surface area contributed by atoms with Gasteiger partial charge in [-0.05, 0) is 38.5 Å². The van der Waals surface area contributed by atoms with E-state index in [1.807, 2.05) is 6.92 Å². The first-order valence-electron chi connectivity index (χ1n) is 10.8. The van der Waals surface area contributed by atoms with Crippen LogP contribution in [0.15, 0.2) is 12.2 Å². The van der Waals surface area contributed by atoms with Gasteiger partial charge in [-0.15, -0.1) is 0 Å². The average molecular weight is 354 g/mol. The molecular weight excluding hydrogens is 310 g/mol. The van der Waals surface area contributed by atoms with Gasteiger partial charge in [-0.3, -0.25) is 10.5 Å². The Balaban J connectivity index is 3.25. The lowest BCUT2D eigenvalue weighted by Crippen LogP contribution is -2.26. The summed E-state index contributed by atoms with van der Waals surface area (Å²) in [6.45, 7) is 4.30. The number of allylic oxidation sites excluding steroid dienone is 2. The fraction of sp³-hybridized carbons (Fsp3) is 0.864. The molecule has 25 heavy (non-hydrogen) atoms. The van der Waals surface area contributed by atoms with Gasteiger partial charge in [0.2, 0.25) is 0 Å². The molecule has 3 heteroatoms. The molecule has 0 amide bonds. The van der Waals surface area contributed by atoms with Crippen LogP contribution in [0.25, 0.3) is 0 Å². The molecule has 0 aromatic carbocycles. The molecule has 3 nitrogen and oxygen atoms in total. The molecular formula is C22H43NO2. The van der Waals surface area contributed by atoms with Crippen molar-refractivity contribution in [2.24, 2.45) is 5.73 Å². The first-order valence-corrected chi connectivity index (χ1v) is 10.8. The van der Waals surface area contributed by atoms with Gasteiger partial charge in [0.1, 0.15) is 0 Å². The molecule has 0 aliphatic rings. The lowest BCUT2D eigenvalue weighted by molar-refractivity contribution is -0.149. The largest absolute Gasteiger partial charge is 0.447 e. The molecule has 1 atom stereocenters. The highest BCUT2D eigenvalue weighted by molar-refractivity contribution is 5.69. The summed E-state index contributed by atoms with van der Waals surface area (Å²) in [5, 5.41) is 0. The molecule has 0 aromatic rings. The zero-order chi connectivity index (χ0) is 18.6. The van der Waals surface area contributed by atoms with Crippen molar-refractivity contribution in [1.82, 2.24) is 0 Å². The van der Waals surface area contributed by atoms with Crippen molar-refractivity contribution in [2.45, 2.75) is 123 Å². The third-order valence-corrected chi connectivity index (χ3v) is 4.50. The van der Waals surface area contributed by atoms with Crippen molar-refractivity contribution < 1.29 is 9.53 Å². The van der Waals surface area contributed by atoms with Gasteiger partial charge in [-0.1, -0.05) is 83.8 Å². The minimum atomic E-state index is -0.416. The fourth-order valence-electron chi connectivity index (χ4n) is 2.91. The number of esters is 1. The zero-order valence-electron chi connectivity index (χ0n) is 16.9. The molecule has 148 valence electrons. The van der Waals surface area contributed by atoms with E-state index in [9.17, 15) is 4.79 Å². The highest BCUT2D eigenvalue weighted by atomic mass is 16.6. The van der Waals surface area contributed by atoms with E-state index in [2.05, 4.69) is 19.1 Å². The normalized spacial score (nSPS) is 12.6. The molecule has 0 aliphatic heterocycles. The predicted octanol–water partition coefficient (Wildman–Crippen LogP) is 6.65. The van der Waals surface area contributed by atoms with Crippen LogP contribution in [0.5, 0.6) is 0 Å². The van der Waals surface area contributed by atoms with Crippen LogP contribution >= 0.6 is 0 Å². The number of nitrogens with two attached hydrogens (primary N) is 1. The quantitative estimate of drug-likeness (QED) is 0.130. The summed E-state index contributed by atoms with van der Waals surface area (Å²) in [4.78, 5) is 11.6. The van der Waals surface area contributed by atoms with E-state index in [4.69, 9.17) is 10.5 Å². The first kappa shape index (κ1) is 24.2. The van der Waals surface area contributed by atoms with E-state index in [1.54, 1.807) is 0 Å². The first-order chi connectivity index (χ1) is 12.2. The SMILES string of the molecule is CCCCCCCC/C=C\CCCCCCCC(=O)OC(N)CCC. The zero-order valence-corrected chi connectivity index (χ0v) is 16.9. The topological polar surface area (TPSA) is 52.3 Å². The van der Waals surface area contributed by atoms with Crippen molar-refractivity contribution in [3.63, 3.8) is 0 Å². The van der Waals surface area contributed by atoms with Gasteiger partial charge in [-0.2, -0.15) is 0 Å². The van der Waals surface area contributed by atoms with E-state index < -0.39 is 6.23 Å². The number of rotatable bonds is 18. The maximum absolute atomic E-state index is 11.6. The highest BCUT2D eigenvalue weighted by Gasteiger charge is 2.08. The van der Waals surface area contributed by atoms with Gasteiger partial charge in [0.15, 0.2) is 6.23 Å². The highest BCUT2D eigenvalue weighted by Crippen LogP contribution is 2.10. The molecule has 0 bridgehead atoms. The fourth-order valence-corrected chi connectivity index (χ4v) is 2.91. The van der Waals surface area contributed by atoms with Crippen LogP contribution in [0, 0.1) is 0 Å². The number of carbonyl (C=O) groups excluding carboxylic acids is 1. The summed E-state index contributed by atoms with van der Waals surface area (Å²) in [5.74, 6) is -0.140. The van der Waals surface area contributed by atoms with E-state index in [0.717, 1.165) is 25.7 Å². The van der Waals surface area contributed by atoms with Gasteiger partial charge in [-0.25, -0.2) is 0 Å². The van der Waals surface area contributed by atoms with Crippen molar-refractivity contribution in [3.8, 4) is 0 Å². The molecule has 0 fully saturated rings. The van der Waals surface area contributed by atoms with Gasteiger partial charge >= 0.3 is 5.97 Å². The Morgan fingerprint density at radius 3 is 1.88 bits per heavy atom. The van der Waals surface area contributed by atoms with Crippen LogP contribution in [0.1, 0.15) is 117 Å².